The lowest BCUT2D eigenvalue weighted by Crippen LogP contribution is -2.26. The summed E-state index contributed by atoms with van der Waals surface area (Å²) in [6, 6.07) is 1.75. The first-order valence-electron chi connectivity index (χ1n) is 4.05. The van der Waals surface area contributed by atoms with Gasteiger partial charge in [-0.1, -0.05) is 0 Å². The Balaban J connectivity index is 3.00. The summed E-state index contributed by atoms with van der Waals surface area (Å²) >= 11 is 0. The molecule has 0 saturated heterocycles. The second-order valence-electron chi connectivity index (χ2n) is 3.08. The van der Waals surface area contributed by atoms with Gasteiger partial charge in [0.1, 0.15) is 0 Å². The predicted octanol–water partition coefficient (Wildman–Crippen LogP) is 1.61. The molecule has 0 atom stereocenters. The van der Waals surface area contributed by atoms with Crippen molar-refractivity contribution >= 4 is 11.8 Å². The monoisotopic (exact) mass is 216 g/mol. The molecular formula is C9H10F2N2O2. The number of ether oxygens (including phenoxy) is 1. The maximum atomic E-state index is 13.1. The first-order valence-corrected chi connectivity index (χ1v) is 4.05. The molecule has 0 aromatic heterocycles. The number of hydrogen-bond acceptors (Lipinski definition) is 3. The fraction of sp³-hybridized carbons (Fsp3) is 0.222. The van der Waals surface area contributed by atoms with Crippen molar-refractivity contribution in [3.05, 3.63) is 23.8 Å². The normalized spacial score (nSPS) is 9.87. The molecule has 0 saturated carbocycles. The van der Waals surface area contributed by atoms with E-state index < -0.39 is 23.5 Å². The highest BCUT2D eigenvalue weighted by molar-refractivity contribution is 5.70. The molecule has 1 rings (SSSR count). The molecule has 0 unspecified atom stereocenters. The second kappa shape index (κ2) is 4.12. The van der Waals surface area contributed by atoms with Gasteiger partial charge in [-0.05, 0) is 0 Å². The van der Waals surface area contributed by atoms with E-state index in [-0.39, 0.29) is 5.69 Å². The Hall–Kier alpha value is -1.85. The van der Waals surface area contributed by atoms with Gasteiger partial charge in [0.2, 0.25) is 5.75 Å². The fourth-order valence-corrected chi connectivity index (χ4v) is 0.856. The molecule has 15 heavy (non-hydrogen) atoms. The van der Waals surface area contributed by atoms with Gasteiger partial charge in [-0.25, -0.2) is 13.6 Å². The van der Waals surface area contributed by atoms with Gasteiger partial charge in [0.05, 0.1) is 0 Å². The van der Waals surface area contributed by atoms with Gasteiger partial charge in [0, 0.05) is 31.9 Å². The van der Waals surface area contributed by atoms with Gasteiger partial charge in [0.25, 0.3) is 0 Å². The van der Waals surface area contributed by atoms with Gasteiger partial charge in [0.15, 0.2) is 11.6 Å². The highest BCUT2D eigenvalue weighted by Crippen LogP contribution is 2.24. The summed E-state index contributed by atoms with van der Waals surface area (Å²) in [6.07, 6.45) is -0.863. The van der Waals surface area contributed by atoms with Gasteiger partial charge in [-0.2, -0.15) is 0 Å². The number of nitrogens with two attached hydrogens (primary N) is 1. The zero-order valence-electron chi connectivity index (χ0n) is 8.25. The molecule has 0 heterocycles. The van der Waals surface area contributed by atoms with Crippen LogP contribution in [0, 0.1) is 11.6 Å². The van der Waals surface area contributed by atoms with Crippen LogP contribution >= 0.6 is 0 Å². The number of nitrogen functional groups attached to an aromatic ring is 1. The van der Waals surface area contributed by atoms with Crippen LogP contribution < -0.4 is 10.5 Å². The summed E-state index contributed by atoms with van der Waals surface area (Å²) in [6.45, 7) is 0. The van der Waals surface area contributed by atoms with E-state index in [2.05, 4.69) is 4.74 Å². The largest absolute Gasteiger partial charge is 0.414 e. The van der Waals surface area contributed by atoms with E-state index >= 15 is 0 Å². The summed E-state index contributed by atoms with van der Waals surface area (Å²) in [5.74, 6) is -2.77. The van der Waals surface area contributed by atoms with Gasteiger partial charge in [-0.15, -0.1) is 0 Å². The van der Waals surface area contributed by atoms with E-state index in [1.807, 2.05) is 0 Å². The van der Waals surface area contributed by atoms with E-state index in [9.17, 15) is 13.6 Å². The topological polar surface area (TPSA) is 55.6 Å². The number of rotatable bonds is 1. The van der Waals surface area contributed by atoms with Crippen molar-refractivity contribution in [1.82, 2.24) is 4.90 Å². The van der Waals surface area contributed by atoms with Crippen LogP contribution in [0.4, 0.5) is 19.3 Å². The molecule has 82 valence electrons. The minimum atomic E-state index is -1.01. The number of amides is 1. The van der Waals surface area contributed by atoms with Gasteiger partial charge in [-0.3, -0.25) is 0 Å². The van der Waals surface area contributed by atoms with E-state index in [4.69, 9.17) is 5.73 Å². The Kier molecular flexibility index (Phi) is 3.08. The molecule has 0 fully saturated rings. The molecule has 1 aromatic rings. The van der Waals surface area contributed by atoms with Crippen molar-refractivity contribution in [2.45, 2.75) is 0 Å². The van der Waals surface area contributed by atoms with Crippen LogP contribution in [0.25, 0.3) is 0 Å². The number of carbonyl (C=O) groups is 1. The Morgan fingerprint density at radius 2 is 1.80 bits per heavy atom. The van der Waals surface area contributed by atoms with Crippen LogP contribution in [0.3, 0.4) is 0 Å². The Morgan fingerprint density at radius 3 is 2.20 bits per heavy atom. The van der Waals surface area contributed by atoms with Crippen LogP contribution in [-0.4, -0.2) is 25.1 Å². The molecule has 0 aliphatic heterocycles. The molecule has 0 bridgehead atoms. The average Bonchev–Trinajstić information content (AvgIpc) is 2.10. The van der Waals surface area contributed by atoms with E-state index in [1.165, 1.54) is 14.1 Å². The molecule has 2 N–H and O–H groups in total. The summed E-state index contributed by atoms with van der Waals surface area (Å²) in [5, 5.41) is 0. The summed E-state index contributed by atoms with van der Waals surface area (Å²) in [7, 11) is 2.80. The minimum Gasteiger partial charge on any atom is -0.404 e. The number of hydrogen-bond donors (Lipinski definition) is 1. The van der Waals surface area contributed by atoms with Crippen molar-refractivity contribution < 1.29 is 18.3 Å². The fourth-order valence-electron chi connectivity index (χ4n) is 0.856. The lowest BCUT2D eigenvalue weighted by atomic mass is 10.3. The predicted molar refractivity (Wildman–Crippen MR) is 50.5 cm³/mol. The Bertz CT molecular complexity index is 371. The van der Waals surface area contributed by atoms with Crippen molar-refractivity contribution in [3.8, 4) is 5.75 Å². The SMILES string of the molecule is CN(C)C(=O)Oc1c(F)cc(N)cc1F. The lowest BCUT2D eigenvalue weighted by Gasteiger charge is -2.11. The third kappa shape index (κ3) is 2.55. The van der Waals surface area contributed by atoms with Crippen LogP contribution in [0.5, 0.6) is 5.75 Å². The number of carbonyl (C=O) groups excluding carboxylic acids is 1. The lowest BCUT2D eigenvalue weighted by molar-refractivity contribution is 0.167. The molecular weight excluding hydrogens is 206 g/mol. The minimum absolute atomic E-state index is 0.0744. The Morgan fingerprint density at radius 1 is 1.33 bits per heavy atom. The van der Waals surface area contributed by atoms with Crippen LogP contribution in [0.2, 0.25) is 0 Å². The van der Waals surface area contributed by atoms with Crippen molar-refractivity contribution in [1.29, 1.82) is 0 Å². The molecule has 1 aromatic carbocycles. The number of benzene rings is 1. The standard InChI is InChI=1S/C9H10F2N2O2/c1-13(2)9(14)15-8-6(10)3-5(12)4-7(8)11/h3-4H,12H2,1-2H3. The summed E-state index contributed by atoms with van der Waals surface area (Å²) in [5.41, 5.74) is 5.11. The van der Waals surface area contributed by atoms with Crippen LogP contribution in [0.15, 0.2) is 12.1 Å². The zero-order chi connectivity index (χ0) is 11.6. The molecule has 1 amide bonds. The van der Waals surface area contributed by atoms with E-state index in [1.54, 1.807) is 0 Å². The van der Waals surface area contributed by atoms with Crippen molar-refractivity contribution in [2.24, 2.45) is 0 Å². The first kappa shape index (κ1) is 11.2. The maximum Gasteiger partial charge on any atom is 0.414 e. The number of anilines is 1. The first-order chi connectivity index (χ1) is 6.91. The smallest absolute Gasteiger partial charge is 0.404 e. The molecule has 0 aliphatic carbocycles. The zero-order valence-corrected chi connectivity index (χ0v) is 8.25. The molecule has 0 radical (unpaired) electrons. The highest BCUT2D eigenvalue weighted by atomic mass is 19.1. The van der Waals surface area contributed by atoms with E-state index in [0.717, 1.165) is 17.0 Å². The van der Waals surface area contributed by atoms with E-state index in [0.29, 0.717) is 0 Å². The van der Waals surface area contributed by atoms with Crippen molar-refractivity contribution in [3.63, 3.8) is 0 Å². The molecule has 0 aliphatic rings. The van der Waals surface area contributed by atoms with Gasteiger partial charge < -0.3 is 15.4 Å². The quantitative estimate of drug-likeness (QED) is 0.725. The third-order valence-corrected chi connectivity index (χ3v) is 1.58. The van der Waals surface area contributed by atoms with Gasteiger partial charge >= 0.3 is 6.09 Å². The molecule has 0 spiro atoms. The highest BCUT2D eigenvalue weighted by Gasteiger charge is 2.16. The number of nitrogens with zero attached hydrogens (tertiary/aromatic N) is 1. The van der Waals surface area contributed by atoms with Crippen LogP contribution in [0.1, 0.15) is 0 Å². The van der Waals surface area contributed by atoms with Crippen LogP contribution in [-0.2, 0) is 0 Å². The molecule has 6 heteroatoms. The third-order valence-electron chi connectivity index (χ3n) is 1.58. The summed E-state index contributed by atoms with van der Waals surface area (Å²) in [4.78, 5) is 12.1. The van der Waals surface area contributed by atoms with Crippen molar-refractivity contribution in [2.75, 3.05) is 19.8 Å². The summed E-state index contributed by atoms with van der Waals surface area (Å²) < 4.78 is 30.7. The maximum absolute atomic E-state index is 13.1. The average molecular weight is 216 g/mol. The number of halogens is 2. The Labute approximate surface area is 85.2 Å². The molecule has 4 nitrogen and oxygen atoms in total. The second-order valence-corrected chi connectivity index (χ2v) is 3.08.